The first-order chi connectivity index (χ1) is 10.1. The third kappa shape index (κ3) is 4.19. The molecule has 1 amide bonds. The fourth-order valence-corrected chi connectivity index (χ4v) is 2.91. The maximum absolute atomic E-state index is 12.5. The van der Waals surface area contributed by atoms with Crippen LogP contribution in [0.2, 0.25) is 0 Å². The van der Waals surface area contributed by atoms with Gasteiger partial charge in [-0.3, -0.25) is 4.79 Å². The van der Waals surface area contributed by atoms with E-state index >= 15 is 0 Å². The van der Waals surface area contributed by atoms with Crippen LogP contribution in [0.25, 0.3) is 0 Å². The molecule has 0 bridgehead atoms. The van der Waals surface area contributed by atoms with Crippen molar-refractivity contribution in [1.29, 1.82) is 0 Å². The summed E-state index contributed by atoms with van der Waals surface area (Å²) in [6.45, 7) is 7.51. The molecule has 0 radical (unpaired) electrons. The van der Waals surface area contributed by atoms with Gasteiger partial charge in [0.1, 0.15) is 5.82 Å². The monoisotopic (exact) mass is 289 g/mol. The number of rotatable bonds is 5. The number of anilines is 1. The molecule has 0 aromatic carbocycles. The number of hydrogen-bond acceptors (Lipinski definition) is 3. The van der Waals surface area contributed by atoms with Gasteiger partial charge in [0.05, 0.1) is 5.56 Å². The highest BCUT2D eigenvalue weighted by atomic mass is 16.1. The summed E-state index contributed by atoms with van der Waals surface area (Å²) in [5, 5.41) is 6.41. The molecule has 1 fully saturated rings. The molecule has 0 spiro atoms. The Kier molecular flexibility index (Phi) is 5.59. The van der Waals surface area contributed by atoms with E-state index in [2.05, 4.69) is 36.4 Å². The largest absolute Gasteiger partial charge is 0.369 e. The molecule has 21 heavy (non-hydrogen) atoms. The van der Waals surface area contributed by atoms with E-state index < -0.39 is 0 Å². The van der Waals surface area contributed by atoms with Crippen LogP contribution in [-0.2, 0) is 0 Å². The highest BCUT2D eigenvalue weighted by Crippen LogP contribution is 2.29. The van der Waals surface area contributed by atoms with E-state index in [0.717, 1.165) is 31.7 Å². The topological polar surface area (TPSA) is 54.0 Å². The summed E-state index contributed by atoms with van der Waals surface area (Å²) < 4.78 is 0. The summed E-state index contributed by atoms with van der Waals surface area (Å²) in [4.78, 5) is 16.8. The number of hydrogen-bond donors (Lipinski definition) is 2. The van der Waals surface area contributed by atoms with E-state index in [4.69, 9.17) is 0 Å². The lowest BCUT2D eigenvalue weighted by Gasteiger charge is -2.32. The normalized spacial score (nSPS) is 25.4. The average molecular weight is 289 g/mol. The zero-order chi connectivity index (χ0) is 15.2. The molecule has 1 aromatic heterocycles. The molecule has 1 heterocycles. The lowest BCUT2D eigenvalue weighted by Crippen LogP contribution is -2.40. The van der Waals surface area contributed by atoms with Crippen molar-refractivity contribution in [2.24, 2.45) is 11.8 Å². The second-order valence-electron chi connectivity index (χ2n) is 6.26. The third-order valence-electron chi connectivity index (χ3n) is 4.53. The van der Waals surface area contributed by atoms with Crippen LogP contribution in [0.4, 0.5) is 5.82 Å². The van der Waals surface area contributed by atoms with E-state index in [1.54, 1.807) is 6.20 Å². The Balaban J connectivity index is 2.00. The minimum Gasteiger partial charge on any atom is -0.369 e. The van der Waals surface area contributed by atoms with Crippen LogP contribution in [0.15, 0.2) is 18.3 Å². The molecular weight excluding hydrogens is 262 g/mol. The second kappa shape index (κ2) is 7.43. The van der Waals surface area contributed by atoms with E-state index in [-0.39, 0.29) is 5.91 Å². The standard InChI is InChI=1S/C17H27N3O/c1-4-9-18-16-15(6-5-10-19-16)17(21)20-14-8-7-12(2)13(3)11-14/h5-6,10,12-14H,4,7-9,11H2,1-3H3,(H,18,19)(H,20,21). The van der Waals surface area contributed by atoms with Gasteiger partial charge in [0.15, 0.2) is 0 Å². The van der Waals surface area contributed by atoms with Crippen LogP contribution in [0.5, 0.6) is 0 Å². The number of aromatic nitrogens is 1. The zero-order valence-electron chi connectivity index (χ0n) is 13.4. The third-order valence-corrected chi connectivity index (χ3v) is 4.53. The van der Waals surface area contributed by atoms with Gasteiger partial charge in [-0.25, -0.2) is 4.98 Å². The van der Waals surface area contributed by atoms with E-state index in [1.807, 2.05) is 12.1 Å². The first-order valence-corrected chi connectivity index (χ1v) is 8.11. The molecule has 1 aliphatic rings. The van der Waals surface area contributed by atoms with Gasteiger partial charge in [0, 0.05) is 18.8 Å². The minimum absolute atomic E-state index is 0.00606. The van der Waals surface area contributed by atoms with Crippen molar-refractivity contribution in [1.82, 2.24) is 10.3 Å². The predicted octanol–water partition coefficient (Wildman–Crippen LogP) is 3.46. The van der Waals surface area contributed by atoms with Crippen molar-refractivity contribution in [3.05, 3.63) is 23.9 Å². The number of carbonyl (C=O) groups is 1. The molecule has 1 saturated carbocycles. The Hall–Kier alpha value is -1.58. The maximum Gasteiger partial charge on any atom is 0.255 e. The summed E-state index contributed by atoms with van der Waals surface area (Å²) >= 11 is 0. The SMILES string of the molecule is CCCNc1ncccc1C(=O)NC1CCC(C)C(C)C1. The Morgan fingerprint density at radius 3 is 2.86 bits per heavy atom. The molecule has 4 nitrogen and oxygen atoms in total. The van der Waals surface area contributed by atoms with Crippen LogP contribution in [0, 0.1) is 11.8 Å². The van der Waals surface area contributed by atoms with Crippen molar-refractivity contribution < 1.29 is 4.79 Å². The minimum atomic E-state index is -0.00606. The van der Waals surface area contributed by atoms with Gasteiger partial charge in [-0.1, -0.05) is 20.8 Å². The zero-order valence-corrected chi connectivity index (χ0v) is 13.4. The molecule has 0 saturated heterocycles. The Labute approximate surface area is 127 Å². The number of nitrogens with zero attached hydrogens (tertiary/aromatic N) is 1. The predicted molar refractivity (Wildman–Crippen MR) is 86.5 cm³/mol. The Morgan fingerprint density at radius 1 is 1.33 bits per heavy atom. The van der Waals surface area contributed by atoms with Gasteiger partial charge in [0.2, 0.25) is 0 Å². The summed E-state index contributed by atoms with van der Waals surface area (Å²) in [5.41, 5.74) is 0.650. The van der Waals surface area contributed by atoms with E-state index in [9.17, 15) is 4.79 Å². The van der Waals surface area contributed by atoms with Crippen molar-refractivity contribution in [3.8, 4) is 0 Å². The number of carbonyl (C=O) groups excluding carboxylic acids is 1. The highest BCUT2D eigenvalue weighted by molar-refractivity contribution is 5.98. The van der Waals surface area contributed by atoms with Crippen molar-refractivity contribution in [3.63, 3.8) is 0 Å². The quantitative estimate of drug-likeness (QED) is 0.873. The second-order valence-corrected chi connectivity index (χ2v) is 6.26. The fraction of sp³-hybridized carbons (Fsp3) is 0.647. The highest BCUT2D eigenvalue weighted by Gasteiger charge is 2.26. The molecule has 1 aliphatic carbocycles. The molecule has 0 aliphatic heterocycles. The smallest absolute Gasteiger partial charge is 0.255 e. The Bertz CT molecular complexity index is 475. The van der Waals surface area contributed by atoms with Gasteiger partial charge in [-0.05, 0) is 49.7 Å². The van der Waals surface area contributed by atoms with Crippen molar-refractivity contribution >= 4 is 11.7 Å². The first kappa shape index (κ1) is 15.8. The molecule has 2 rings (SSSR count). The Morgan fingerprint density at radius 2 is 2.14 bits per heavy atom. The van der Waals surface area contributed by atoms with Crippen molar-refractivity contribution in [2.45, 2.75) is 52.5 Å². The summed E-state index contributed by atoms with van der Waals surface area (Å²) in [7, 11) is 0. The average Bonchev–Trinajstić information content (AvgIpc) is 2.49. The summed E-state index contributed by atoms with van der Waals surface area (Å²) in [6.07, 6.45) is 6.08. The van der Waals surface area contributed by atoms with Crippen molar-refractivity contribution in [2.75, 3.05) is 11.9 Å². The van der Waals surface area contributed by atoms with Gasteiger partial charge in [-0.2, -0.15) is 0 Å². The van der Waals surface area contributed by atoms with E-state index in [0.29, 0.717) is 23.3 Å². The molecular formula is C17H27N3O. The molecule has 4 heteroatoms. The van der Waals surface area contributed by atoms with Gasteiger partial charge in [-0.15, -0.1) is 0 Å². The van der Waals surface area contributed by atoms with Crippen LogP contribution >= 0.6 is 0 Å². The molecule has 3 unspecified atom stereocenters. The van der Waals surface area contributed by atoms with Crippen LogP contribution in [-0.4, -0.2) is 23.5 Å². The number of amides is 1. The lowest BCUT2D eigenvalue weighted by molar-refractivity contribution is 0.0911. The first-order valence-electron chi connectivity index (χ1n) is 8.11. The number of nitrogens with one attached hydrogen (secondary N) is 2. The fourth-order valence-electron chi connectivity index (χ4n) is 2.91. The molecule has 3 atom stereocenters. The molecule has 116 valence electrons. The molecule has 2 N–H and O–H groups in total. The maximum atomic E-state index is 12.5. The lowest BCUT2D eigenvalue weighted by atomic mass is 9.79. The molecule has 1 aromatic rings. The van der Waals surface area contributed by atoms with Crippen LogP contribution in [0.3, 0.4) is 0 Å². The van der Waals surface area contributed by atoms with Crippen LogP contribution < -0.4 is 10.6 Å². The van der Waals surface area contributed by atoms with Gasteiger partial charge in [0.25, 0.3) is 5.91 Å². The number of pyridine rings is 1. The van der Waals surface area contributed by atoms with Gasteiger partial charge < -0.3 is 10.6 Å². The van der Waals surface area contributed by atoms with E-state index in [1.165, 1.54) is 6.42 Å². The van der Waals surface area contributed by atoms with Crippen LogP contribution in [0.1, 0.15) is 56.8 Å². The summed E-state index contributed by atoms with van der Waals surface area (Å²) in [5.74, 6) is 2.12. The summed E-state index contributed by atoms with van der Waals surface area (Å²) in [6, 6.07) is 3.95. The van der Waals surface area contributed by atoms with Gasteiger partial charge >= 0.3 is 0 Å².